The van der Waals surface area contributed by atoms with Crippen LogP contribution in [0.5, 0.6) is 0 Å². The standard InChI is InChI=1S/C9H16NO3.3C4H9.Sn/c1-9(2,3)13-8(12)10-5-4-7(11)6-10;3*1-3-4-2;/h11H,4-6H2,1-3H3;3*1,3-4H2,2H3;. The van der Waals surface area contributed by atoms with Crippen LogP contribution in [0.3, 0.4) is 0 Å². The number of hydrogen-bond acceptors (Lipinski definition) is 3. The molecular formula is C21H43NO3Sn. The zero-order chi connectivity index (χ0) is 19.8. The molecule has 0 spiro atoms. The predicted octanol–water partition coefficient (Wildman–Crippen LogP) is 5.75. The normalized spacial score (nSPS) is 21.3. The summed E-state index contributed by atoms with van der Waals surface area (Å²) in [5, 5.41) is 11.8. The molecule has 0 radical (unpaired) electrons. The molecule has 154 valence electrons. The molecular weight excluding hydrogens is 433 g/mol. The van der Waals surface area contributed by atoms with E-state index in [0.29, 0.717) is 13.1 Å². The number of rotatable bonds is 10. The molecule has 1 heterocycles. The van der Waals surface area contributed by atoms with Gasteiger partial charge in [0.2, 0.25) is 0 Å². The molecule has 0 aromatic heterocycles. The van der Waals surface area contributed by atoms with Crippen molar-refractivity contribution in [3.63, 3.8) is 0 Å². The summed E-state index contributed by atoms with van der Waals surface area (Å²) in [4.78, 5) is 14.3. The van der Waals surface area contributed by atoms with Gasteiger partial charge in [-0.3, -0.25) is 0 Å². The molecule has 0 aromatic rings. The first-order chi connectivity index (χ1) is 12.1. The predicted molar refractivity (Wildman–Crippen MR) is 112 cm³/mol. The van der Waals surface area contributed by atoms with Crippen molar-refractivity contribution in [2.24, 2.45) is 0 Å². The van der Waals surface area contributed by atoms with Crippen LogP contribution in [0, 0.1) is 0 Å². The van der Waals surface area contributed by atoms with Crippen molar-refractivity contribution in [3.8, 4) is 0 Å². The van der Waals surface area contributed by atoms with Gasteiger partial charge in [-0.05, 0) is 0 Å². The monoisotopic (exact) mass is 477 g/mol. The summed E-state index contributed by atoms with van der Waals surface area (Å²) in [7, 11) is 0. The first-order valence-electron chi connectivity index (χ1n) is 10.8. The van der Waals surface area contributed by atoms with E-state index in [1.54, 1.807) is 4.90 Å². The molecule has 1 saturated heterocycles. The van der Waals surface area contributed by atoms with Crippen LogP contribution in [0.4, 0.5) is 4.79 Å². The number of likely N-dealkylation sites (tertiary alicyclic amines) is 1. The fraction of sp³-hybridized carbons (Fsp3) is 0.952. The van der Waals surface area contributed by atoms with Crippen molar-refractivity contribution < 1.29 is 14.6 Å². The summed E-state index contributed by atoms with van der Waals surface area (Å²) in [6.07, 6.45) is 7.80. The summed E-state index contributed by atoms with van der Waals surface area (Å²) in [6, 6.07) is 0. The third kappa shape index (κ3) is 6.57. The van der Waals surface area contributed by atoms with Crippen LogP contribution in [-0.2, 0) is 4.74 Å². The van der Waals surface area contributed by atoms with Gasteiger partial charge < -0.3 is 0 Å². The van der Waals surface area contributed by atoms with Gasteiger partial charge in [-0.15, -0.1) is 0 Å². The molecule has 0 aromatic carbocycles. The molecule has 1 aliphatic rings. The van der Waals surface area contributed by atoms with Gasteiger partial charge in [0.1, 0.15) is 0 Å². The molecule has 1 atom stereocenters. The Labute approximate surface area is 165 Å². The zero-order valence-electron chi connectivity index (χ0n) is 18.2. The van der Waals surface area contributed by atoms with E-state index >= 15 is 0 Å². The van der Waals surface area contributed by atoms with E-state index in [-0.39, 0.29) is 6.09 Å². The second-order valence-corrected chi connectivity index (χ2v) is 23.5. The number of β-amino-alcohol motifs (C(OH)–C–C–N with tert-alkyl or cyclic N) is 1. The number of hydrogen-bond donors (Lipinski definition) is 1. The topological polar surface area (TPSA) is 49.8 Å². The molecule has 1 fully saturated rings. The summed E-state index contributed by atoms with van der Waals surface area (Å²) in [6.45, 7) is 13.6. The minimum atomic E-state index is -2.82. The third-order valence-electron chi connectivity index (χ3n) is 5.91. The van der Waals surface area contributed by atoms with Crippen LogP contribution in [0.2, 0.25) is 13.3 Å². The fourth-order valence-electron chi connectivity index (χ4n) is 4.33. The minimum absolute atomic E-state index is 0.255. The summed E-state index contributed by atoms with van der Waals surface area (Å²) < 4.78 is 8.80. The molecule has 4 nitrogen and oxygen atoms in total. The number of carbonyl (C=O) groups is 1. The molecule has 5 heteroatoms. The van der Waals surface area contributed by atoms with Crippen LogP contribution >= 0.6 is 0 Å². The van der Waals surface area contributed by atoms with Gasteiger partial charge in [-0.1, -0.05) is 0 Å². The van der Waals surface area contributed by atoms with E-state index in [1.165, 1.54) is 51.8 Å². The Hall–Kier alpha value is 0.0287. The van der Waals surface area contributed by atoms with E-state index < -0.39 is 27.6 Å². The van der Waals surface area contributed by atoms with Gasteiger partial charge in [0.25, 0.3) is 0 Å². The van der Waals surface area contributed by atoms with Crippen LogP contribution in [0.1, 0.15) is 86.5 Å². The van der Waals surface area contributed by atoms with E-state index in [9.17, 15) is 9.90 Å². The zero-order valence-corrected chi connectivity index (χ0v) is 21.1. The Bertz CT molecular complexity index is 414. The van der Waals surface area contributed by atoms with Crippen LogP contribution in [0.25, 0.3) is 0 Å². The van der Waals surface area contributed by atoms with E-state index in [2.05, 4.69) is 20.8 Å². The summed E-state index contributed by atoms with van der Waals surface area (Å²) in [5.41, 5.74) is -0.481. The van der Waals surface area contributed by atoms with Crippen molar-refractivity contribution in [2.45, 2.75) is 109 Å². The molecule has 1 N–H and O–H groups in total. The van der Waals surface area contributed by atoms with Crippen molar-refractivity contribution in [1.82, 2.24) is 4.90 Å². The SMILES string of the molecule is CCC[CH2][Sn]([CH2]CCC)([CH2]CCC)[C]1(O)CCN(C(=O)OC(C)(C)C)C1. The van der Waals surface area contributed by atoms with Crippen molar-refractivity contribution in [2.75, 3.05) is 13.1 Å². The number of aliphatic hydroxyl groups is 1. The van der Waals surface area contributed by atoms with E-state index in [0.717, 1.165) is 6.42 Å². The Balaban J connectivity index is 3.00. The molecule has 0 aliphatic carbocycles. The Kier molecular flexibility index (Phi) is 9.76. The molecule has 0 saturated carbocycles. The fourth-order valence-corrected chi connectivity index (χ4v) is 22.6. The third-order valence-corrected chi connectivity index (χ3v) is 23.9. The number of ether oxygens (including phenoxy) is 1. The quantitative estimate of drug-likeness (QED) is 0.409. The maximum absolute atomic E-state index is 12.5. The molecule has 26 heavy (non-hydrogen) atoms. The number of unbranched alkanes of at least 4 members (excludes halogenated alkanes) is 3. The summed E-state index contributed by atoms with van der Waals surface area (Å²) >= 11 is -2.82. The molecule has 1 rings (SSSR count). The molecule has 1 amide bonds. The van der Waals surface area contributed by atoms with Crippen molar-refractivity contribution in [1.29, 1.82) is 0 Å². The molecule has 1 aliphatic heterocycles. The van der Waals surface area contributed by atoms with Gasteiger partial charge in [0.05, 0.1) is 0 Å². The van der Waals surface area contributed by atoms with Gasteiger partial charge in [0.15, 0.2) is 0 Å². The first-order valence-corrected chi connectivity index (χ1v) is 18.3. The van der Waals surface area contributed by atoms with Gasteiger partial charge in [0, 0.05) is 0 Å². The molecule has 0 bridgehead atoms. The van der Waals surface area contributed by atoms with Gasteiger partial charge >= 0.3 is 166 Å². The average Bonchev–Trinajstić information content (AvgIpc) is 2.97. The Morgan fingerprint density at radius 3 is 1.88 bits per heavy atom. The average molecular weight is 476 g/mol. The molecule has 1 unspecified atom stereocenters. The van der Waals surface area contributed by atoms with E-state index in [1.807, 2.05) is 20.8 Å². The second kappa shape index (κ2) is 10.5. The van der Waals surface area contributed by atoms with Gasteiger partial charge in [-0.2, -0.15) is 0 Å². The number of carbonyl (C=O) groups excluding carboxylic acids is 1. The number of amides is 1. The summed E-state index contributed by atoms with van der Waals surface area (Å²) in [5.74, 6) is 0. The second-order valence-electron chi connectivity index (χ2n) is 9.27. The van der Waals surface area contributed by atoms with Crippen LogP contribution in [-0.4, -0.2) is 56.8 Å². The first kappa shape index (κ1) is 24.1. The van der Waals surface area contributed by atoms with Crippen molar-refractivity contribution >= 4 is 24.5 Å². The van der Waals surface area contributed by atoms with Gasteiger partial charge in [-0.25, -0.2) is 0 Å². The van der Waals surface area contributed by atoms with Crippen molar-refractivity contribution in [3.05, 3.63) is 0 Å². The van der Waals surface area contributed by atoms with Crippen LogP contribution < -0.4 is 0 Å². The van der Waals surface area contributed by atoms with Crippen LogP contribution in [0.15, 0.2) is 0 Å². The Morgan fingerprint density at radius 2 is 1.50 bits per heavy atom. The number of nitrogens with zero attached hydrogens (tertiary/aromatic N) is 1. The van der Waals surface area contributed by atoms with E-state index in [4.69, 9.17) is 4.74 Å². The Morgan fingerprint density at radius 1 is 1.04 bits per heavy atom. The maximum atomic E-state index is 12.5.